The normalized spacial score (nSPS) is 17.0. The van der Waals surface area contributed by atoms with Crippen LogP contribution in [0.15, 0.2) is 12.1 Å². The number of esters is 1. The van der Waals surface area contributed by atoms with Crippen LogP contribution in [-0.4, -0.2) is 36.5 Å². The van der Waals surface area contributed by atoms with Gasteiger partial charge in [-0.15, -0.1) is 0 Å². The zero-order valence-electron chi connectivity index (χ0n) is 12.5. The largest absolute Gasteiger partial charge is 0.506 e. The molecule has 3 rings (SSSR count). The first-order valence-electron chi connectivity index (χ1n) is 6.81. The summed E-state index contributed by atoms with van der Waals surface area (Å²) in [7, 11) is 2.86. The summed E-state index contributed by atoms with van der Waals surface area (Å²) in [6, 6.07) is 3.13. The minimum Gasteiger partial charge on any atom is -0.506 e. The van der Waals surface area contributed by atoms with Gasteiger partial charge in [-0.3, -0.25) is 0 Å². The second-order valence-corrected chi connectivity index (χ2v) is 5.23. The molecule has 0 saturated carbocycles. The molecule has 1 atom stereocenters. The van der Waals surface area contributed by atoms with Crippen molar-refractivity contribution in [2.24, 2.45) is 0 Å². The Kier molecular flexibility index (Phi) is 3.24. The summed E-state index contributed by atoms with van der Waals surface area (Å²) < 4.78 is 15.5. The molecule has 0 spiro atoms. The highest BCUT2D eigenvalue weighted by Gasteiger charge is 2.30. The van der Waals surface area contributed by atoms with Gasteiger partial charge in [0.1, 0.15) is 23.2 Å². The SMILES string of the molecule is COc1cc(OC)c2c(O)c3c(cc2c1O)CC(C)OC3=O. The van der Waals surface area contributed by atoms with Crippen molar-refractivity contribution in [2.45, 2.75) is 19.4 Å². The van der Waals surface area contributed by atoms with Crippen molar-refractivity contribution in [3.8, 4) is 23.0 Å². The molecule has 6 nitrogen and oxygen atoms in total. The fraction of sp³-hybridized carbons (Fsp3) is 0.312. The predicted octanol–water partition coefficient (Wildman–Crippen LogP) is 2.37. The molecule has 0 aliphatic carbocycles. The van der Waals surface area contributed by atoms with E-state index in [1.807, 2.05) is 0 Å². The second kappa shape index (κ2) is 4.98. The van der Waals surface area contributed by atoms with Gasteiger partial charge in [-0.1, -0.05) is 0 Å². The van der Waals surface area contributed by atoms with E-state index in [-0.39, 0.29) is 34.3 Å². The van der Waals surface area contributed by atoms with Crippen molar-refractivity contribution in [1.82, 2.24) is 0 Å². The number of aromatic hydroxyl groups is 2. The van der Waals surface area contributed by atoms with Gasteiger partial charge in [0.25, 0.3) is 0 Å². The van der Waals surface area contributed by atoms with Crippen molar-refractivity contribution in [2.75, 3.05) is 14.2 Å². The van der Waals surface area contributed by atoms with Gasteiger partial charge in [-0.05, 0) is 18.6 Å². The molecule has 6 heteroatoms. The highest BCUT2D eigenvalue weighted by Crippen LogP contribution is 2.47. The highest BCUT2D eigenvalue weighted by molar-refractivity contribution is 6.08. The molecule has 0 amide bonds. The molecule has 2 N–H and O–H groups in total. The van der Waals surface area contributed by atoms with Gasteiger partial charge in [0.05, 0.1) is 19.6 Å². The maximum Gasteiger partial charge on any atom is 0.342 e. The number of methoxy groups -OCH3 is 2. The number of benzene rings is 2. The van der Waals surface area contributed by atoms with Crippen LogP contribution in [0.4, 0.5) is 0 Å². The van der Waals surface area contributed by atoms with Gasteiger partial charge in [0.2, 0.25) is 0 Å². The van der Waals surface area contributed by atoms with Crippen LogP contribution in [0.5, 0.6) is 23.0 Å². The van der Waals surface area contributed by atoms with Crippen molar-refractivity contribution < 1.29 is 29.2 Å². The number of hydrogen-bond acceptors (Lipinski definition) is 6. The maximum absolute atomic E-state index is 12.1. The minimum absolute atomic E-state index is 0.108. The van der Waals surface area contributed by atoms with Crippen LogP contribution in [0.3, 0.4) is 0 Å². The third-order valence-electron chi connectivity index (χ3n) is 3.84. The number of phenolic OH excluding ortho intramolecular Hbond substituents is 2. The molecule has 0 saturated heterocycles. The van der Waals surface area contributed by atoms with Crippen molar-refractivity contribution >= 4 is 16.7 Å². The average Bonchev–Trinajstić information content (AvgIpc) is 2.47. The number of phenols is 2. The Bertz CT molecular complexity index is 780. The van der Waals surface area contributed by atoms with E-state index in [1.54, 1.807) is 13.0 Å². The molecule has 1 aliphatic heterocycles. The Morgan fingerprint density at radius 3 is 2.45 bits per heavy atom. The summed E-state index contributed by atoms with van der Waals surface area (Å²) in [6.45, 7) is 1.77. The first kappa shape index (κ1) is 14.3. The average molecular weight is 304 g/mol. The first-order valence-corrected chi connectivity index (χ1v) is 6.81. The summed E-state index contributed by atoms with van der Waals surface area (Å²) in [5, 5.41) is 21.5. The van der Waals surface area contributed by atoms with Crippen LogP contribution < -0.4 is 9.47 Å². The molecule has 22 heavy (non-hydrogen) atoms. The van der Waals surface area contributed by atoms with Gasteiger partial charge >= 0.3 is 5.97 Å². The van der Waals surface area contributed by atoms with Gasteiger partial charge in [0, 0.05) is 17.9 Å². The summed E-state index contributed by atoms with van der Waals surface area (Å²) in [5.41, 5.74) is 0.743. The fourth-order valence-electron chi connectivity index (χ4n) is 2.85. The number of fused-ring (bicyclic) bond motifs is 2. The molecule has 0 aromatic heterocycles. The lowest BCUT2D eigenvalue weighted by atomic mass is 9.93. The lowest BCUT2D eigenvalue weighted by Gasteiger charge is -2.24. The van der Waals surface area contributed by atoms with E-state index in [2.05, 4.69) is 0 Å². The van der Waals surface area contributed by atoms with Crippen molar-refractivity contribution in [1.29, 1.82) is 0 Å². The second-order valence-electron chi connectivity index (χ2n) is 5.23. The number of cyclic esters (lactones) is 1. The van der Waals surface area contributed by atoms with Crippen LogP contribution in [0.25, 0.3) is 10.8 Å². The lowest BCUT2D eigenvalue weighted by Crippen LogP contribution is -2.25. The predicted molar refractivity (Wildman–Crippen MR) is 79.0 cm³/mol. The van der Waals surface area contributed by atoms with E-state index in [0.717, 1.165) is 0 Å². The first-order chi connectivity index (χ1) is 10.5. The minimum atomic E-state index is -0.578. The zero-order chi connectivity index (χ0) is 16.0. The molecule has 116 valence electrons. The van der Waals surface area contributed by atoms with Gasteiger partial charge < -0.3 is 24.4 Å². The molecule has 1 aliphatic rings. The van der Waals surface area contributed by atoms with E-state index in [4.69, 9.17) is 14.2 Å². The number of hydrogen-bond donors (Lipinski definition) is 2. The van der Waals surface area contributed by atoms with Gasteiger partial charge in [0.15, 0.2) is 11.5 Å². The van der Waals surface area contributed by atoms with E-state index < -0.39 is 5.97 Å². The van der Waals surface area contributed by atoms with E-state index in [0.29, 0.717) is 23.1 Å². The molecule has 0 radical (unpaired) electrons. The third kappa shape index (κ3) is 1.91. The Morgan fingerprint density at radius 2 is 1.82 bits per heavy atom. The van der Waals surface area contributed by atoms with Gasteiger partial charge in [-0.2, -0.15) is 0 Å². The summed E-state index contributed by atoms with van der Waals surface area (Å²) in [5.74, 6) is -0.404. The quantitative estimate of drug-likeness (QED) is 0.829. The summed E-state index contributed by atoms with van der Waals surface area (Å²) in [4.78, 5) is 12.1. The van der Waals surface area contributed by atoms with E-state index in [1.165, 1.54) is 20.3 Å². The molecule has 0 fully saturated rings. The van der Waals surface area contributed by atoms with Gasteiger partial charge in [-0.25, -0.2) is 4.79 Å². The number of carbonyl (C=O) groups excluding carboxylic acids is 1. The molecular weight excluding hydrogens is 288 g/mol. The van der Waals surface area contributed by atoms with Crippen molar-refractivity contribution in [3.63, 3.8) is 0 Å². The number of ether oxygens (including phenoxy) is 3. The van der Waals surface area contributed by atoms with E-state index in [9.17, 15) is 15.0 Å². The summed E-state index contributed by atoms with van der Waals surface area (Å²) >= 11 is 0. The monoisotopic (exact) mass is 304 g/mol. The summed E-state index contributed by atoms with van der Waals surface area (Å²) in [6.07, 6.45) is 0.176. The van der Waals surface area contributed by atoms with Crippen molar-refractivity contribution in [3.05, 3.63) is 23.3 Å². The third-order valence-corrected chi connectivity index (χ3v) is 3.84. The van der Waals surface area contributed by atoms with Crippen LogP contribution in [0.1, 0.15) is 22.8 Å². The van der Waals surface area contributed by atoms with Crippen LogP contribution in [0.2, 0.25) is 0 Å². The number of rotatable bonds is 2. The Balaban J connectivity index is 2.43. The molecule has 2 aromatic rings. The molecular formula is C16H16O6. The van der Waals surface area contributed by atoms with Crippen LogP contribution in [0, 0.1) is 0 Å². The Morgan fingerprint density at radius 1 is 1.14 bits per heavy atom. The Labute approximate surface area is 126 Å². The lowest BCUT2D eigenvalue weighted by molar-refractivity contribution is 0.0297. The van der Waals surface area contributed by atoms with Crippen LogP contribution >= 0.6 is 0 Å². The molecule has 1 heterocycles. The smallest absolute Gasteiger partial charge is 0.342 e. The van der Waals surface area contributed by atoms with Crippen LogP contribution in [-0.2, 0) is 11.2 Å². The fourth-order valence-corrected chi connectivity index (χ4v) is 2.85. The molecule has 0 bridgehead atoms. The standard InChI is InChI=1S/C16H16O6/c1-7-4-8-5-9-13(15(18)12(8)16(19)22-7)10(20-2)6-11(21-3)14(9)17/h5-7,17-18H,4H2,1-3H3. The van der Waals surface area contributed by atoms with E-state index >= 15 is 0 Å². The Hall–Kier alpha value is -2.63. The number of carbonyl (C=O) groups is 1. The zero-order valence-corrected chi connectivity index (χ0v) is 12.5. The molecule has 2 aromatic carbocycles. The maximum atomic E-state index is 12.1. The highest BCUT2D eigenvalue weighted by atomic mass is 16.5. The molecule has 1 unspecified atom stereocenters. The topological polar surface area (TPSA) is 85.2 Å².